The van der Waals surface area contributed by atoms with Crippen molar-refractivity contribution >= 4 is 22.7 Å². The van der Waals surface area contributed by atoms with E-state index in [0.717, 1.165) is 17.3 Å². The third-order valence-corrected chi connectivity index (χ3v) is 5.45. The van der Waals surface area contributed by atoms with Gasteiger partial charge in [-0.05, 0) is 12.5 Å². The summed E-state index contributed by atoms with van der Waals surface area (Å²) in [6, 6.07) is 7.80. The van der Waals surface area contributed by atoms with Gasteiger partial charge >= 0.3 is 0 Å². The monoisotopic (exact) mass is 371 g/mol. The number of H-pyrrole nitrogens is 1. The molecule has 0 aliphatic carbocycles. The highest BCUT2D eigenvalue weighted by molar-refractivity contribution is 6.07. The Morgan fingerprint density at radius 3 is 2.89 bits per heavy atom. The number of hydrogen-bond acceptors (Lipinski definition) is 4. The SMILES string of the molecule is CN(C)C(=O)CO[C@H]1CCOC2(C1)CN(C(=O)c1c[nH]c3ccccc13)C2. The van der Waals surface area contributed by atoms with Gasteiger partial charge in [0.25, 0.3) is 5.91 Å². The zero-order valence-corrected chi connectivity index (χ0v) is 15.7. The molecule has 0 saturated carbocycles. The van der Waals surface area contributed by atoms with Gasteiger partial charge in [-0.3, -0.25) is 9.59 Å². The summed E-state index contributed by atoms with van der Waals surface area (Å²) in [5.41, 5.74) is 1.32. The van der Waals surface area contributed by atoms with Gasteiger partial charge in [-0.2, -0.15) is 0 Å². The summed E-state index contributed by atoms with van der Waals surface area (Å²) >= 11 is 0. The zero-order chi connectivity index (χ0) is 19.0. The van der Waals surface area contributed by atoms with E-state index in [1.807, 2.05) is 29.2 Å². The molecule has 3 heterocycles. The van der Waals surface area contributed by atoms with Crippen molar-refractivity contribution < 1.29 is 19.1 Å². The number of carbonyl (C=O) groups is 2. The first kappa shape index (κ1) is 18.0. The highest BCUT2D eigenvalue weighted by atomic mass is 16.5. The van der Waals surface area contributed by atoms with Crippen LogP contribution in [0.5, 0.6) is 0 Å². The molecule has 1 spiro atoms. The first-order valence-corrected chi connectivity index (χ1v) is 9.28. The van der Waals surface area contributed by atoms with Crippen molar-refractivity contribution in [2.75, 3.05) is 40.4 Å². The minimum atomic E-state index is -0.341. The van der Waals surface area contributed by atoms with Crippen LogP contribution in [0.1, 0.15) is 23.2 Å². The Hall–Kier alpha value is -2.38. The number of aromatic amines is 1. The number of nitrogens with one attached hydrogen (secondary N) is 1. The Labute approximate surface area is 158 Å². The van der Waals surface area contributed by atoms with E-state index in [2.05, 4.69) is 4.98 Å². The highest BCUT2D eigenvalue weighted by Crippen LogP contribution is 2.36. The van der Waals surface area contributed by atoms with Gasteiger partial charge in [0, 0.05) is 44.2 Å². The molecule has 4 rings (SSSR count). The molecule has 2 amide bonds. The molecule has 2 aromatic rings. The fourth-order valence-electron chi connectivity index (χ4n) is 3.88. The van der Waals surface area contributed by atoms with E-state index in [1.54, 1.807) is 20.3 Å². The lowest BCUT2D eigenvalue weighted by Gasteiger charge is -2.52. The summed E-state index contributed by atoms with van der Waals surface area (Å²) < 4.78 is 11.8. The summed E-state index contributed by atoms with van der Waals surface area (Å²) in [6.07, 6.45) is 3.26. The highest BCUT2D eigenvalue weighted by Gasteiger charge is 2.50. The van der Waals surface area contributed by atoms with Gasteiger partial charge in [-0.15, -0.1) is 0 Å². The molecule has 2 saturated heterocycles. The summed E-state index contributed by atoms with van der Waals surface area (Å²) in [7, 11) is 3.44. The van der Waals surface area contributed by atoms with Gasteiger partial charge in [0.2, 0.25) is 5.91 Å². The Bertz CT molecular complexity index is 854. The molecule has 1 aromatic carbocycles. The quantitative estimate of drug-likeness (QED) is 0.887. The van der Waals surface area contributed by atoms with Crippen LogP contribution in [0.15, 0.2) is 30.5 Å². The van der Waals surface area contributed by atoms with Crippen LogP contribution < -0.4 is 0 Å². The molecule has 0 unspecified atom stereocenters. The molecule has 7 heteroatoms. The molecule has 1 aromatic heterocycles. The number of para-hydroxylation sites is 1. The maximum Gasteiger partial charge on any atom is 0.256 e. The first-order valence-electron chi connectivity index (χ1n) is 9.28. The van der Waals surface area contributed by atoms with Crippen molar-refractivity contribution in [2.45, 2.75) is 24.5 Å². The third kappa shape index (κ3) is 3.44. The number of rotatable bonds is 4. The van der Waals surface area contributed by atoms with Crippen LogP contribution in [-0.2, 0) is 14.3 Å². The summed E-state index contributed by atoms with van der Waals surface area (Å²) in [6.45, 7) is 1.81. The van der Waals surface area contributed by atoms with E-state index in [1.165, 1.54) is 4.90 Å². The summed E-state index contributed by atoms with van der Waals surface area (Å²) in [5.74, 6) is -0.0206. The number of nitrogens with zero attached hydrogens (tertiary/aromatic N) is 2. The molecule has 2 aliphatic heterocycles. The Morgan fingerprint density at radius 2 is 2.11 bits per heavy atom. The average molecular weight is 371 g/mol. The number of amides is 2. The van der Waals surface area contributed by atoms with Crippen molar-refractivity contribution in [2.24, 2.45) is 0 Å². The second-order valence-corrected chi connectivity index (χ2v) is 7.65. The lowest BCUT2D eigenvalue weighted by atomic mass is 9.84. The minimum Gasteiger partial charge on any atom is -0.371 e. The lowest BCUT2D eigenvalue weighted by Crippen LogP contribution is -2.67. The predicted molar refractivity (Wildman–Crippen MR) is 101 cm³/mol. The van der Waals surface area contributed by atoms with E-state index >= 15 is 0 Å². The number of likely N-dealkylation sites (N-methyl/N-ethyl adjacent to an activating group) is 1. The Balaban J connectivity index is 1.36. The van der Waals surface area contributed by atoms with Crippen LogP contribution in [0.3, 0.4) is 0 Å². The van der Waals surface area contributed by atoms with Gasteiger partial charge in [0.05, 0.1) is 24.8 Å². The molecule has 0 radical (unpaired) electrons. The molecule has 2 aliphatic rings. The van der Waals surface area contributed by atoms with E-state index in [9.17, 15) is 9.59 Å². The molecule has 7 nitrogen and oxygen atoms in total. The van der Waals surface area contributed by atoms with Gasteiger partial charge < -0.3 is 24.3 Å². The molecule has 27 heavy (non-hydrogen) atoms. The molecular formula is C20H25N3O4. The smallest absolute Gasteiger partial charge is 0.256 e. The van der Waals surface area contributed by atoms with Gasteiger partial charge in [-0.1, -0.05) is 18.2 Å². The van der Waals surface area contributed by atoms with Gasteiger partial charge in [0.1, 0.15) is 12.2 Å². The van der Waals surface area contributed by atoms with Gasteiger partial charge in [0.15, 0.2) is 0 Å². The van der Waals surface area contributed by atoms with E-state index < -0.39 is 0 Å². The Kier molecular flexibility index (Phi) is 4.65. The standard InChI is InChI=1S/C20H25N3O4/c1-22(2)18(24)11-26-14-7-8-27-20(9-14)12-23(13-20)19(25)16-10-21-17-6-4-3-5-15(16)17/h3-6,10,14,21H,7-9,11-13H2,1-2H3/t14-/m0/s1. The average Bonchev–Trinajstić information content (AvgIpc) is 3.07. The number of ether oxygens (including phenoxy) is 2. The van der Waals surface area contributed by atoms with Crippen LogP contribution in [0, 0.1) is 0 Å². The topological polar surface area (TPSA) is 74.9 Å². The van der Waals surface area contributed by atoms with Crippen LogP contribution in [-0.4, -0.2) is 78.7 Å². The number of fused-ring (bicyclic) bond motifs is 1. The van der Waals surface area contributed by atoms with Crippen molar-refractivity contribution in [3.63, 3.8) is 0 Å². The van der Waals surface area contributed by atoms with Crippen LogP contribution in [0.2, 0.25) is 0 Å². The van der Waals surface area contributed by atoms with Crippen LogP contribution in [0.4, 0.5) is 0 Å². The normalized spacial score (nSPS) is 21.3. The maximum absolute atomic E-state index is 12.9. The van der Waals surface area contributed by atoms with E-state index in [4.69, 9.17) is 9.47 Å². The van der Waals surface area contributed by atoms with E-state index in [-0.39, 0.29) is 30.1 Å². The number of likely N-dealkylation sites (tertiary alicyclic amines) is 1. The van der Waals surface area contributed by atoms with Crippen molar-refractivity contribution in [1.82, 2.24) is 14.8 Å². The number of benzene rings is 1. The third-order valence-electron chi connectivity index (χ3n) is 5.45. The molecular weight excluding hydrogens is 346 g/mol. The molecule has 1 N–H and O–H groups in total. The fraction of sp³-hybridized carbons (Fsp3) is 0.500. The summed E-state index contributed by atoms with van der Waals surface area (Å²) in [4.78, 5) is 31.1. The van der Waals surface area contributed by atoms with Crippen LogP contribution >= 0.6 is 0 Å². The fourth-order valence-corrected chi connectivity index (χ4v) is 3.88. The van der Waals surface area contributed by atoms with Crippen molar-refractivity contribution in [3.8, 4) is 0 Å². The van der Waals surface area contributed by atoms with Gasteiger partial charge in [-0.25, -0.2) is 0 Å². The largest absolute Gasteiger partial charge is 0.371 e. The number of carbonyl (C=O) groups excluding carboxylic acids is 2. The molecule has 1 atom stereocenters. The molecule has 144 valence electrons. The van der Waals surface area contributed by atoms with E-state index in [0.29, 0.717) is 31.7 Å². The number of aromatic nitrogens is 1. The lowest BCUT2D eigenvalue weighted by molar-refractivity contribution is -0.188. The van der Waals surface area contributed by atoms with Crippen molar-refractivity contribution in [3.05, 3.63) is 36.0 Å². The first-order chi connectivity index (χ1) is 13.0. The second-order valence-electron chi connectivity index (χ2n) is 7.65. The Morgan fingerprint density at radius 1 is 1.33 bits per heavy atom. The summed E-state index contributed by atoms with van der Waals surface area (Å²) in [5, 5.41) is 0.941. The predicted octanol–water partition coefficient (Wildman–Crippen LogP) is 1.65. The molecule has 2 fully saturated rings. The van der Waals surface area contributed by atoms with Crippen molar-refractivity contribution in [1.29, 1.82) is 0 Å². The maximum atomic E-state index is 12.9. The minimum absolute atomic E-state index is 0.00649. The second kappa shape index (κ2) is 6.98. The number of hydrogen-bond donors (Lipinski definition) is 1. The van der Waals surface area contributed by atoms with Crippen LogP contribution in [0.25, 0.3) is 10.9 Å². The molecule has 0 bridgehead atoms. The zero-order valence-electron chi connectivity index (χ0n) is 15.7.